The Bertz CT molecular complexity index is 774. The quantitative estimate of drug-likeness (QED) is 0.727. The summed E-state index contributed by atoms with van der Waals surface area (Å²) >= 11 is 0. The van der Waals surface area contributed by atoms with E-state index in [2.05, 4.69) is 30.2 Å². The van der Waals surface area contributed by atoms with Crippen molar-refractivity contribution in [2.24, 2.45) is 0 Å². The number of furan rings is 1. The number of hydrogen-bond acceptors (Lipinski definition) is 3. The molecule has 0 bridgehead atoms. The second kappa shape index (κ2) is 6.05. The zero-order valence-electron chi connectivity index (χ0n) is 12.8. The highest BCUT2D eigenvalue weighted by molar-refractivity contribution is 5.80. The van der Waals surface area contributed by atoms with E-state index < -0.39 is 0 Å². The predicted octanol–water partition coefficient (Wildman–Crippen LogP) is 2.99. The molecule has 2 aromatic heterocycles. The molecule has 5 heteroatoms. The number of aromatic nitrogens is 2. The molecule has 0 atom stereocenters. The van der Waals surface area contributed by atoms with Crippen molar-refractivity contribution in [3.05, 3.63) is 54.1 Å². The Hall–Kier alpha value is -2.56. The van der Waals surface area contributed by atoms with Crippen LogP contribution in [0.15, 0.2) is 47.2 Å². The first kappa shape index (κ1) is 14.4. The number of aryl methyl sites for hydroxylation is 2. The van der Waals surface area contributed by atoms with Gasteiger partial charge >= 0.3 is 0 Å². The van der Waals surface area contributed by atoms with Crippen LogP contribution in [-0.2, 0) is 17.9 Å². The number of nitrogens with zero attached hydrogens (tertiary/aromatic N) is 3. The first-order chi connectivity index (χ1) is 10.6. The predicted molar refractivity (Wildman–Crippen MR) is 84.3 cm³/mol. The monoisotopic (exact) mass is 297 g/mol. The lowest BCUT2D eigenvalue weighted by atomic mass is 10.2. The van der Waals surface area contributed by atoms with E-state index in [9.17, 15) is 4.79 Å². The minimum atomic E-state index is 0.0766. The van der Waals surface area contributed by atoms with Crippen molar-refractivity contribution in [2.75, 3.05) is 7.05 Å². The van der Waals surface area contributed by atoms with Gasteiger partial charge in [0.2, 0.25) is 5.91 Å². The highest BCUT2D eigenvalue weighted by Gasteiger charge is 2.12. The van der Waals surface area contributed by atoms with Crippen LogP contribution in [0.5, 0.6) is 0 Å². The number of carbonyl (C=O) groups excluding carboxylic acids is 1. The van der Waals surface area contributed by atoms with Gasteiger partial charge in [0.1, 0.15) is 5.76 Å². The first-order valence-corrected chi connectivity index (χ1v) is 7.32. The summed E-state index contributed by atoms with van der Waals surface area (Å²) in [5.74, 6) is 0.865. The maximum atomic E-state index is 12.2. The Morgan fingerprint density at radius 1 is 1.36 bits per heavy atom. The normalized spacial score (nSPS) is 11.0. The summed E-state index contributed by atoms with van der Waals surface area (Å²) in [7, 11) is 1.79. The van der Waals surface area contributed by atoms with Gasteiger partial charge in [-0.2, -0.15) is 5.10 Å². The van der Waals surface area contributed by atoms with Crippen LogP contribution in [0.4, 0.5) is 0 Å². The van der Waals surface area contributed by atoms with Crippen LogP contribution in [0.1, 0.15) is 17.7 Å². The van der Waals surface area contributed by atoms with Gasteiger partial charge in [-0.05, 0) is 30.7 Å². The molecule has 114 valence electrons. The number of fused-ring (bicyclic) bond motifs is 1. The van der Waals surface area contributed by atoms with E-state index in [4.69, 9.17) is 4.42 Å². The molecule has 22 heavy (non-hydrogen) atoms. The number of carbonyl (C=O) groups is 1. The van der Waals surface area contributed by atoms with Gasteiger partial charge in [-0.1, -0.05) is 12.1 Å². The molecule has 0 unspecified atom stereocenters. The first-order valence-electron chi connectivity index (χ1n) is 7.32. The van der Waals surface area contributed by atoms with Crippen molar-refractivity contribution in [2.45, 2.75) is 26.4 Å². The molecule has 0 saturated heterocycles. The van der Waals surface area contributed by atoms with Crippen LogP contribution >= 0.6 is 0 Å². The third kappa shape index (κ3) is 3.03. The van der Waals surface area contributed by atoms with Gasteiger partial charge in [0.05, 0.1) is 31.1 Å². The Morgan fingerprint density at radius 3 is 3.00 bits per heavy atom. The van der Waals surface area contributed by atoms with Crippen LogP contribution in [0.25, 0.3) is 10.9 Å². The lowest BCUT2D eigenvalue weighted by Gasteiger charge is -2.15. The number of amides is 1. The van der Waals surface area contributed by atoms with Crippen LogP contribution in [-0.4, -0.2) is 27.6 Å². The fourth-order valence-electron chi connectivity index (χ4n) is 2.48. The lowest BCUT2D eigenvalue weighted by molar-refractivity contribution is -0.130. The fourth-order valence-corrected chi connectivity index (χ4v) is 2.48. The second-order valence-electron chi connectivity index (χ2n) is 5.51. The van der Waals surface area contributed by atoms with Crippen molar-refractivity contribution in [1.82, 2.24) is 14.7 Å². The highest BCUT2D eigenvalue weighted by Crippen LogP contribution is 2.16. The Labute approximate surface area is 129 Å². The van der Waals surface area contributed by atoms with Crippen molar-refractivity contribution in [1.29, 1.82) is 0 Å². The summed E-state index contributed by atoms with van der Waals surface area (Å²) in [6.07, 6.45) is 3.87. The molecular weight excluding hydrogens is 278 g/mol. The van der Waals surface area contributed by atoms with E-state index in [1.165, 1.54) is 5.56 Å². The summed E-state index contributed by atoms with van der Waals surface area (Å²) in [6, 6.07) is 9.91. The minimum absolute atomic E-state index is 0.0766. The van der Waals surface area contributed by atoms with Gasteiger partial charge in [0, 0.05) is 18.9 Å². The van der Waals surface area contributed by atoms with Gasteiger partial charge in [-0.25, -0.2) is 0 Å². The Morgan fingerprint density at radius 2 is 2.23 bits per heavy atom. The largest absolute Gasteiger partial charge is 0.467 e. The molecule has 0 fully saturated rings. The van der Waals surface area contributed by atoms with Crippen LogP contribution in [0.3, 0.4) is 0 Å². The topological polar surface area (TPSA) is 51.3 Å². The van der Waals surface area contributed by atoms with Gasteiger partial charge < -0.3 is 9.32 Å². The molecule has 0 spiro atoms. The zero-order chi connectivity index (χ0) is 15.5. The molecule has 1 aromatic carbocycles. The van der Waals surface area contributed by atoms with E-state index in [1.807, 2.05) is 23.0 Å². The van der Waals surface area contributed by atoms with E-state index in [-0.39, 0.29) is 5.91 Å². The van der Waals surface area contributed by atoms with Crippen molar-refractivity contribution in [3.8, 4) is 0 Å². The molecule has 0 aliphatic rings. The average molecular weight is 297 g/mol. The summed E-state index contributed by atoms with van der Waals surface area (Å²) in [6.45, 7) is 3.12. The maximum Gasteiger partial charge on any atom is 0.224 e. The number of benzene rings is 1. The lowest BCUT2D eigenvalue weighted by Crippen LogP contribution is -2.27. The van der Waals surface area contributed by atoms with E-state index in [0.29, 0.717) is 19.5 Å². The van der Waals surface area contributed by atoms with E-state index in [1.54, 1.807) is 18.2 Å². The van der Waals surface area contributed by atoms with Crippen LogP contribution in [0.2, 0.25) is 0 Å². The van der Waals surface area contributed by atoms with Gasteiger partial charge in [-0.3, -0.25) is 9.48 Å². The minimum Gasteiger partial charge on any atom is -0.467 e. The molecule has 0 aliphatic carbocycles. The third-order valence-corrected chi connectivity index (χ3v) is 3.74. The number of rotatable bonds is 5. The van der Waals surface area contributed by atoms with Gasteiger partial charge in [-0.15, -0.1) is 0 Å². The smallest absolute Gasteiger partial charge is 0.224 e. The standard InChI is InChI=1S/C17H19N3O2/c1-13-5-6-14-11-18-20(16(14)10-13)8-7-17(21)19(2)12-15-4-3-9-22-15/h3-6,9-11H,7-8,12H2,1-2H3. The molecular formula is C17H19N3O2. The van der Waals surface area contributed by atoms with Gasteiger partial charge in [0.15, 0.2) is 0 Å². The van der Waals surface area contributed by atoms with E-state index >= 15 is 0 Å². The van der Waals surface area contributed by atoms with Crippen LogP contribution in [0, 0.1) is 6.92 Å². The Balaban J connectivity index is 1.63. The molecule has 5 nitrogen and oxygen atoms in total. The average Bonchev–Trinajstić information content (AvgIpc) is 3.14. The summed E-state index contributed by atoms with van der Waals surface area (Å²) in [4.78, 5) is 13.9. The highest BCUT2D eigenvalue weighted by atomic mass is 16.3. The molecule has 3 aromatic rings. The number of hydrogen-bond donors (Lipinski definition) is 0. The third-order valence-electron chi connectivity index (χ3n) is 3.74. The van der Waals surface area contributed by atoms with Crippen LogP contribution < -0.4 is 0 Å². The second-order valence-corrected chi connectivity index (χ2v) is 5.51. The van der Waals surface area contributed by atoms with E-state index in [0.717, 1.165) is 16.7 Å². The summed E-state index contributed by atoms with van der Waals surface area (Å²) < 4.78 is 7.15. The maximum absolute atomic E-state index is 12.2. The molecule has 0 aliphatic heterocycles. The Kier molecular flexibility index (Phi) is 3.96. The van der Waals surface area contributed by atoms with Crippen molar-refractivity contribution < 1.29 is 9.21 Å². The SMILES string of the molecule is Cc1ccc2cnn(CCC(=O)N(C)Cc3ccco3)c2c1. The molecule has 0 saturated carbocycles. The summed E-state index contributed by atoms with van der Waals surface area (Å²) in [5, 5.41) is 5.47. The molecule has 0 radical (unpaired) electrons. The molecule has 3 rings (SSSR count). The van der Waals surface area contributed by atoms with Crippen molar-refractivity contribution >= 4 is 16.8 Å². The summed E-state index contributed by atoms with van der Waals surface area (Å²) in [5.41, 5.74) is 2.26. The molecule has 1 amide bonds. The molecule has 0 N–H and O–H groups in total. The van der Waals surface area contributed by atoms with Crippen molar-refractivity contribution in [3.63, 3.8) is 0 Å². The molecule has 2 heterocycles. The van der Waals surface area contributed by atoms with Gasteiger partial charge in [0.25, 0.3) is 0 Å². The zero-order valence-corrected chi connectivity index (χ0v) is 12.8. The fraction of sp³-hybridized carbons (Fsp3) is 0.294.